The summed E-state index contributed by atoms with van der Waals surface area (Å²) < 4.78 is 13.6. The second-order valence-corrected chi connectivity index (χ2v) is 5.37. The number of fused-ring (bicyclic) bond motifs is 2. The van der Waals surface area contributed by atoms with Crippen LogP contribution in [-0.2, 0) is 6.42 Å². The molecule has 0 spiro atoms. The molecule has 0 unspecified atom stereocenters. The molecule has 108 valence electrons. The Bertz CT molecular complexity index is 619. The lowest BCUT2D eigenvalue weighted by atomic mass is 10.2. The zero-order valence-corrected chi connectivity index (χ0v) is 12.1. The highest BCUT2D eigenvalue weighted by Gasteiger charge is 2.18. The lowest BCUT2D eigenvalue weighted by molar-refractivity contribution is 0.172. The molecular formula is C15H21N3O2. The molecule has 0 atom stereocenters. The van der Waals surface area contributed by atoms with Crippen LogP contribution >= 0.6 is 0 Å². The van der Waals surface area contributed by atoms with Crippen molar-refractivity contribution in [2.45, 2.75) is 32.7 Å². The van der Waals surface area contributed by atoms with E-state index < -0.39 is 0 Å². The zero-order valence-electron chi connectivity index (χ0n) is 12.1. The number of benzene rings is 1. The fourth-order valence-corrected chi connectivity index (χ4v) is 2.69. The Labute approximate surface area is 118 Å². The van der Waals surface area contributed by atoms with Gasteiger partial charge in [0.25, 0.3) is 0 Å². The highest BCUT2D eigenvalue weighted by molar-refractivity contribution is 5.81. The van der Waals surface area contributed by atoms with Crippen molar-refractivity contribution in [3.8, 4) is 11.5 Å². The minimum atomic E-state index is 0.357. The van der Waals surface area contributed by atoms with Gasteiger partial charge < -0.3 is 19.8 Å². The number of hydrogen-bond donors (Lipinski definition) is 1. The van der Waals surface area contributed by atoms with Gasteiger partial charge in [0.1, 0.15) is 19.0 Å². The lowest BCUT2D eigenvalue weighted by Gasteiger charge is -2.19. The van der Waals surface area contributed by atoms with Gasteiger partial charge in [0, 0.05) is 24.6 Å². The largest absolute Gasteiger partial charge is 0.486 e. The Balaban J connectivity index is 2.13. The summed E-state index contributed by atoms with van der Waals surface area (Å²) in [6.07, 6.45) is 1.85. The Kier molecular flexibility index (Phi) is 3.53. The van der Waals surface area contributed by atoms with Crippen molar-refractivity contribution in [3.63, 3.8) is 0 Å². The molecule has 0 amide bonds. The second-order valence-electron chi connectivity index (χ2n) is 5.37. The van der Waals surface area contributed by atoms with Gasteiger partial charge in [-0.25, -0.2) is 4.98 Å². The molecule has 0 fully saturated rings. The first-order valence-corrected chi connectivity index (χ1v) is 7.21. The van der Waals surface area contributed by atoms with Crippen LogP contribution in [0.3, 0.4) is 0 Å². The molecular weight excluding hydrogens is 254 g/mol. The minimum Gasteiger partial charge on any atom is -0.486 e. The Morgan fingerprint density at radius 3 is 2.60 bits per heavy atom. The molecule has 5 nitrogen and oxygen atoms in total. The first-order chi connectivity index (χ1) is 9.70. The maximum Gasteiger partial charge on any atom is 0.163 e. The predicted molar refractivity (Wildman–Crippen MR) is 78.5 cm³/mol. The number of imidazole rings is 1. The third-order valence-electron chi connectivity index (χ3n) is 3.55. The van der Waals surface area contributed by atoms with Crippen LogP contribution in [0.2, 0.25) is 0 Å². The van der Waals surface area contributed by atoms with Crippen molar-refractivity contribution in [3.05, 3.63) is 18.0 Å². The fraction of sp³-hybridized carbons (Fsp3) is 0.533. The molecule has 1 aliphatic heterocycles. The van der Waals surface area contributed by atoms with Crippen molar-refractivity contribution in [2.75, 3.05) is 19.8 Å². The summed E-state index contributed by atoms with van der Waals surface area (Å²) in [5.74, 6) is 2.70. The van der Waals surface area contributed by atoms with Gasteiger partial charge in [-0.1, -0.05) is 0 Å². The van der Waals surface area contributed by atoms with Crippen LogP contribution in [0.5, 0.6) is 11.5 Å². The number of hydrogen-bond acceptors (Lipinski definition) is 4. The standard InChI is InChI=1S/C15H21N3O2/c1-10(2)18-12-9-14-13(19-6-7-20-14)8-11(12)17-15(18)4-3-5-16/h8-10H,3-7,16H2,1-2H3. The number of aromatic nitrogens is 2. The van der Waals surface area contributed by atoms with Gasteiger partial charge >= 0.3 is 0 Å². The summed E-state index contributed by atoms with van der Waals surface area (Å²) in [6.45, 7) is 6.23. The average Bonchev–Trinajstić information content (AvgIpc) is 2.79. The number of aryl methyl sites for hydroxylation is 1. The van der Waals surface area contributed by atoms with Crippen LogP contribution in [0.1, 0.15) is 32.1 Å². The van der Waals surface area contributed by atoms with Crippen LogP contribution in [0.15, 0.2) is 12.1 Å². The summed E-state index contributed by atoms with van der Waals surface area (Å²) in [5.41, 5.74) is 7.69. The Morgan fingerprint density at radius 2 is 1.95 bits per heavy atom. The van der Waals surface area contributed by atoms with Crippen LogP contribution in [0.4, 0.5) is 0 Å². The van der Waals surface area contributed by atoms with E-state index in [2.05, 4.69) is 18.4 Å². The van der Waals surface area contributed by atoms with Gasteiger partial charge in [-0.3, -0.25) is 0 Å². The van der Waals surface area contributed by atoms with E-state index in [4.69, 9.17) is 20.2 Å². The highest BCUT2D eigenvalue weighted by Crippen LogP contribution is 2.35. The van der Waals surface area contributed by atoms with E-state index in [0.29, 0.717) is 25.8 Å². The van der Waals surface area contributed by atoms with Gasteiger partial charge in [0.2, 0.25) is 0 Å². The number of rotatable bonds is 4. The van der Waals surface area contributed by atoms with E-state index in [1.165, 1.54) is 0 Å². The Hall–Kier alpha value is -1.75. The maximum absolute atomic E-state index is 5.67. The van der Waals surface area contributed by atoms with Crippen molar-refractivity contribution in [1.82, 2.24) is 9.55 Å². The molecule has 0 radical (unpaired) electrons. The van der Waals surface area contributed by atoms with Crippen molar-refractivity contribution in [1.29, 1.82) is 0 Å². The first-order valence-electron chi connectivity index (χ1n) is 7.21. The molecule has 0 saturated heterocycles. The summed E-state index contributed by atoms with van der Waals surface area (Å²) in [5, 5.41) is 0. The molecule has 2 aromatic rings. The fourth-order valence-electron chi connectivity index (χ4n) is 2.69. The molecule has 0 saturated carbocycles. The number of nitrogens with two attached hydrogens (primary N) is 1. The van der Waals surface area contributed by atoms with E-state index in [1.54, 1.807) is 0 Å². The molecule has 3 rings (SSSR count). The topological polar surface area (TPSA) is 62.3 Å². The summed E-state index contributed by atoms with van der Waals surface area (Å²) in [4.78, 5) is 4.75. The van der Waals surface area contributed by atoms with Gasteiger partial charge in [0.05, 0.1) is 11.0 Å². The quantitative estimate of drug-likeness (QED) is 0.930. The van der Waals surface area contributed by atoms with Crippen molar-refractivity contribution < 1.29 is 9.47 Å². The summed E-state index contributed by atoms with van der Waals surface area (Å²) in [6, 6.07) is 4.38. The molecule has 1 aliphatic rings. The second kappa shape index (κ2) is 5.32. The molecule has 0 aliphatic carbocycles. The molecule has 0 bridgehead atoms. The van der Waals surface area contributed by atoms with Gasteiger partial charge in [-0.05, 0) is 26.8 Å². The van der Waals surface area contributed by atoms with Crippen LogP contribution < -0.4 is 15.2 Å². The smallest absolute Gasteiger partial charge is 0.163 e. The normalized spacial score (nSPS) is 14.2. The van der Waals surface area contributed by atoms with E-state index in [9.17, 15) is 0 Å². The van der Waals surface area contributed by atoms with E-state index in [-0.39, 0.29) is 0 Å². The van der Waals surface area contributed by atoms with Gasteiger partial charge in [0.15, 0.2) is 11.5 Å². The molecule has 1 aromatic carbocycles. The number of nitrogens with zero attached hydrogens (tertiary/aromatic N) is 2. The SMILES string of the molecule is CC(C)n1c(CCCN)nc2cc3c(cc21)OCCO3. The lowest BCUT2D eigenvalue weighted by Crippen LogP contribution is -2.15. The molecule has 2 heterocycles. The minimum absolute atomic E-state index is 0.357. The number of ether oxygens (including phenoxy) is 2. The molecule has 5 heteroatoms. The average molecular weight is 275 g/mol. The van der Waals surface area contributed by atoms with Crippen molar-refractivity contribution >= 4 is 11.0 Å². The van der Waals surface area contributed by atoms with E-state index in [1.807, 2.05) is 12.1 Å². The Morgan fingerprint density at radius 1 is 1.25 bits per heavy atom. The van der Waals surface area contributed by atoms with Gasteiger partial charge in [-0.15, -0.1) is 0 Å². The van der Waals surface area contributed by atoms with Crippen LogP contribution in [0.25, 0.3) is 11.0 Å². The maximum atomic E-state index is 5.67. The van der Waals surface area contributed by atoms with Crippen LogP contribution in [-0.4, -0.2) is 29.3 Å². The first kappa shape index (κ1) is 13.2. The van der Waals surface area contributed by atoms with E-state index >= 15 is 0 Å². The summed E-state index contributed by atoms with van der Waals surface area (Å²) >= 11 is 0. The van der Waals surface area contributed by atoms with Gasteiger partial charge in [-0.2, -0.15) is 0 Å². The van der Waals surface area contributed by atoms with E-state index in [0.717, 1.165) is 41.2 Å². The summed E-state index contributed by atoms with van der Waals surface area (Å²) in [7, 11) is 0. The molecule has 2 N–H and O–H groups in total. The molecule has 20 heavy (non-hydrogen) atoms. The molecule has 1 aromatic heterocycles. The predicted octanol–water partition coefficient (Wildman–Crippen LogP) is 2.28. The monoisotopic (exact) mass is 275 g/mol. The highest BCUT2D eigenvalue weighted by atomic mass is 16.6. The third kappa shape index (κ3) is 2.22. The van der Waals surface area contributed by atoms with Crippen molar-refractivity contribution in [2.24, 2.45) is 5.73 Å². The third-order valence-corrected chi connectivity index (χ3v) is 3.55. The zero-order chi connectivity index (χ0) is 14.1. The van der Waals surface area contributed by atoms with Crippen LogP contribution in [0, 0.1) is 0 Å².